The normalized spacial score (nSPS) is 26.0. The Balaban J connectivity index is 1.74. The third kappa shape index (κ3) is 3.25. The molecule has 4 atom stereocenters. The van der Waals surface area contributed by atoms with E-state index in [1.54, 1.807) is 72.8 Å². The summed E-state index contributed by atoms with van der Waals surface area (Å²) >= 11 is 12.5. The molecule has 8 heteroatoms. The smallest absolute Gasteiger partial charge is 0.331 e. The van der Waals surface area contributed by atoms with Gasteiger partial charge in [-0.2, -0.15) is 0 Å². The summed E-state index contributed by atoms with van der Waals surface area (Å²) in [4.78, 5) is 42.4. The SMILES string of the molecule is COC(=O)[C@@]1(c2ccccc2)N[C@@H](c2ccccc2Cl)[C@H]2C(=O)N(c3ccc(Cl)cc3)C(=O)[C@@H]21. The van der Waals surface area contributed by atoms with Gasteiger partial charge in [0, 0.05) is 16.1 Å². The Hall–Kier alpha value is -3.19. The lowest BCUT2D eigenvalue weighted by molar-refractivity contribution is -0.152. The van der Waals surface area contributed by atoms with E-state index >= 15 is 0 Å². The van der Waals surface area contributed by atoms with Crippen molar-refractivity contribution in [2.75, 3.05) is 12.0 Å². The zero-order valence-electron chi connectivity index (χ0n) is 18.1. The molecule has 3 aromatic rings. The standard InChI is InChI=1S/C26H20Cl2N2O4/c1-34-25(33)26(15-7-3-2-4-8-15)21-20(22(29-26)18-9-5-6-10-19(18)28)23(31)30(24(21)32)17-13-11-16(27)12-14-17/h2-14,20-22,29H,1H3/t20-,21+,22-,26-/m0/s1. The van der Waals surface area contributed by atoms with Gasteiger partial charge in [0.15, 0.2) is 5.54 Å². The van der Waals surface area contributed by atoms with E-state index < -0.39 is 41.2 Å². The average Bonchev–Trinajstić information content (AvgIpc) is 3.34. The van der Waals surface area contributed by atoms with Gasteiger partial charge in [0.05, 0.1) is 24.6 Å². The van der Waals surface area contributed by atoms with Crippen molar-refractivity contribution in [1.29, 1.82) is 0 Å². The molecule has 6 nitrogen and oxygen atoms in total. The number of carbonyl (C=O) groups excluding carboxylic acids is 3. The molecule has 2 aliphatic heterocycles. The van der Waals surface area contributed by atoms with Crippen molar-refractivity contribution in [2.24, 2.45) is 11.8 Å². The minimum atomic E-state index is -1.58. The molecule has 0 spiro atoms. The summed E-state index contributed by atoms with van der Waals surface area (Å²) in [6.07, 6.45) is 0. The Labute approximate surface area is 206 Å². The lowest BCUT2D eigenvalue weighted by atomic mass is 9.75. The molecule has 2 fully saturated rings. The lowest BCUT2D eigenvalue weighted by Gasteiger charge is -2.33. The zero-order chi connectivity index (χ0) is 24.0. The van der Waals surface area contributed by atoms with Crippen LogP contribution >= 0.6 is 23.2 Å². The third-order valence-electron chi connectivity index (χ3n) is 6.62. The fraction of sp³-hybridized carbons (Fsp3) is 0.192. The number of anilines is 1. The summed E-state index contributed by atoms with van der Waals surface area (Å²) in [5.41, 5.74) is -0.0395. The summed E-state index contributed by atoms with van der Waals surface area (Å²) in [6, 6.07) is 21.7. The summed E-state index contributed by atoms with van der Waals surface area (Å²) in [5, 5.41) is 4.23. The number of hydrogen-bond acceptors (Lipinski definition) is 5. The van der Waals surface area contributed by atoms with Crippen LogP contribution in [-0.2, 0) is 24.7 Å². The first-order valence-corrected chi connectivity index (χ1v) is 11.4. The quantitative estimate of drug-likeness (QED) is 0.426. The molecule has 0 bridgehead atoms. The fourth-order valence-electron chi connectivity index (χ4n) is 5.18. The number of amides is 2. The van der Waals surface area contributed by atoms with Gasteiger partial charge in [0.1, 0.15) is 0 Å². The summed E-state index contributed by atoms with van der Waals surface area (Å²) in [6.45, 7) is 0. The van der Waals surface area contributed by atoms with Crippen molar-refractivity contribution in [3.63, 3.8) is 0 Å². The number of imide groups is 1. The van der Waals surface area contributed by atoms with Crippen molar-refractivity contribution in [2.45, 2.75) is 11.6 Å². The highest BCUT2D eigenvalue weighted by Crippen LogP contribution is 2.54. The molecule has 3 aromatic carbocycles. The first-order chi connectivity index (χ1) is 16.4. The van der Waals surface area contributed by atoms with Crippen LogP contribution in [0.3, 0.4) is 0 Å². The number of esters is 1. The minimum Gasteiger partial charge on any atom is -0.467 e. The second-order valence-corrected chi connectivity index (χ2v) is 9.14. The summed E-state index contributed by atoms with van der Waals surface area (Å²) in [7, 11) is 1.27. The lowest BCUT2D eigenvalue weighted by Crippen LogP contribution is -2.53. The molecule has 0 radical (unpaired) electrons. The van der Waals surface area contributed by atoms with Crippen molar-refractivity contribution in [3.05, 3.63) is 100 Å². The van der Waals surface area contributed by atoms with Crippen LogP contribution < -0.4 is 10.2 Å². The Bertz CT molecular complexity index is 1280. The molecule has 0 unspecified atom stereocenters. The van der Waals surface area contributed by atoms with Crippen molar-refractivity contribution >= 4 is 46.7 Å². The van der Waals surface area contributed by atoms with Gasteiger partial charge in [-0.15, -0.1) is 0 Å². The topological polar surface area (TPSA) is 75.7 Å². The number of carbonyl (C=O) groups is 3. The van der Waals surface area contributed by atoms with Crippen LogP contribution in [0.5, 0.6) is 0 Å². The van der Waals surface area contributed by atoms with E-state index in [0.29, 0.717) is 26.9 Å². The van der Waals surface area contributed by atoms with Gasteiger partial charge < -0.3 is 4.74 Å². The Morgan fingerprint density at radius 2 is 1.56 bits per heavy atom. The highest BCUT2D eigenvalue weighted by Gasteiger charge is 2.69. The molecule has 2 saturated heterocycles. The largest absolute Gasteiger partial charge is 0.467 e. The van der Waals surface area contributed by atoms with E-state index in [1.165, 1.54) is 7.11 Å². The second-order valence-electron chi connectivity index (χ2n) is 8.30. The molecule has 172 valence electrons. The van der Waals surface area contributed by atoms with Crippen LogP contribution in [-0.4, -0.2) is 24.9 Å². The van der Waals surface area contributed by atoms with Gasteiger partial charge in [0.2, 0.25) is 11.8 Å². The molecule has 0 aliphatic carbocycles. The number of hydrogen-bond donors (Lipinski definition) is 1. The van der Waals surface area contributed by atoms with E-state index in [2.05, 4.69) is 5.32 Å². The zero-order valence-corrected chi connectivity index (χ0v) is 19.6. The van der Waals surface area contributed by atoms with E-state index in [-0.39, 0.29) is 0 Å². The van der Waals surface area contributed by atoms with Gasteiger partial charge in [0.25, 0.3) is 0 Å². The number of halogens is 2. The number of nitrogens with zero attached hydrogens (tertiary/aromatic N) is 1. The number of rotatable bonds is 4. The number of nitrogens with one attached hydrogen (secondary N) is 1. The van der Waals surface area contributed by atoms with Gasteiger partial charge >= 0.3 is 5.97 Å². The van der Waals surface area contributed by atoms with E-state index in [1.807, 2.05) is 6.07 Å². The van der Waals surface area contributed by atoms with Gasteiger partial charge in [-0.05, 0) is 41.5 Å². The predicted octanol–water partition coefficient (Wildman–Crippen LogP) is 4.51. The van der Waals surface area contributed by atoms with Crippen LogP contribution in [0.4, 0.5) is 5.69 Å². The molecule has 5 rings (SSSR count). The maximum atomic E-state index is 13.9. The van der Waals surface area contributed by atoms with Crippen molar-refractivity contribution < 1.29 is 19.1 Å². The van der Waals surface area contributed by atoms with Crippen LogP contribution in [0.1, 0.15) is 17.2 Å². The molecule has 34 heavy (non-hydrogen) atoms. The second kappa shape index (κ2) is 8.55. The number of benzene rings is 3. The number of methoxy groups -OCH3 is 1. The van der Waals surface area contributed by atoms with Crippen LogP contribution in [0.2, 0.25) is 10.0 Å². The van der Waals surface area contributed by atoms with Gasteiger partial charge in [-0.3, -0.25) is 14.9 Å². The molecular formula is C26H20Cl2N2O4. The number of ether oxygens (including phenoxy) is 1. The number of fused-ring (bicyclic) bond motifs is 1. The maximum absolute atomic E-state index is 13.9. The van der Waals surface area contributed by atoms with Gasteiger partial charge in [-0.25, -0.2) is 9.69 Å². The molecule has 0 aromatic heterocycles. The maximum Gasteiger partial charge on any atom is 0.331 e. The molecule has 2 amide bonds. The molecule has 2 aliphatic rings. The summed E-state index contributed by atoms with van der Waals surface area (Å²) < 4.78 is 5.22. The Morgan fingerprint density at radius 3 is 2.21 bits per heavy atom. The first-order valence-electron chi connectivity index (χ1n) is 10.7. The van der Waals surface area contributed by atoms with Crippen LogP contribution in [0.15, 0.2) is 78.9 Å². The average molecular weight is 495 g/mol. The van der Waals surface area contributed by atoms with Crippen molar-refractivity contribution in [3.8, 4) is 0 Å². The highest BCUT2D eigenvalue weighted by atomic mass is 35.5. The van der Waals surface area contributed by atoms with E-state index in [9.17, 15) is 14.4 Å². The van der Waals surface area contributed by atoms with Crippen molar-refractivity contribution in [1.82, 2.24) is 5.32 Å². The fourth-order valence-corrected chi connectivity index (χ4v) is 5.56. The Kier molecular flexibility index (Phi) is 5.68. The van der Waals surface area contributed by atoms with Crippen LogP contribution in [0, 0.1) is 11.8 Å². The molecular weight excluding hydrogens is 475 g/mol. The van der Waals surface area contributed by atoms with Gasteiger partial charge in [-0.1, -0.05) is 71.7 Å². The highest BCUT2D eigenvalue weighted by molar-refractivity contribution is 6.32. The molecule has 2 heterocycles. The summed E-state index contributed by atoms with van der Waals surface area (Å²) in [5.74, 6) is -3.50. The molecule has 0 saturated carbocycles. The Morgan fingerprint density at radius 1 is 0.912 bits per heavy atom. The van der Waals surface area contributed by atoms with E-state index in [4.69, 9.17) is 27.9 Å². The minimum absolute atomic E-state index is 0.388. The first kappa shape index (κ1) is 22.6. The predicted molar refractivity (Wildman–Crippen MR) is 128 cm³/mol. The van der Waals surface area contributed by atoms with E-state index in [0.717, 1.165) is 4.90 Å². The molecule has 1 N–H and O–H groups in total. The van der Waals surface area contributed by atoms with Crippen LogP contribution in [0.25, 0.3) is 0 Å². The monoisotopic (exact) mass is 494 g/mol. The third-order valence-corrected chi connectivity index (χ3v) is 7.22.